The summed E-state index contributed by atoms with van der Waals surface area (Å²) in [4.78, 5) is 13.3. The number of hydrogen-bond donors (Lipinski definition) is 1. The number of amides is 1. The molecule has 1 N–H and O–H groups in total. The molecule has 2 aliphatic rings. The van der Waals surface area contributed by atoms with Crippen molar-refractivity contribution in [3.8, 4) is 5.75 Å². The van der Waals surface area contributed by atoms with Gasteiger partial charge in [0.25, 0.3) is 5.91 Å². The summed E-state index contributed by atoms with van der Waals surface area (Å²) in [5.41, 5.74) is 2.04. The molecule has 102 valence electrons. The number of nitrogens with one attached hydrogen (secondary N) is 1. The maximum absolute atomic E-state index is 11.6. The van der Waals surface area contributed by atoms with E-state index in [1.165, 1.54) is 5.56 Å². The molecule has 1 aromatic rings. The van der Waals surface area contributed by atoms with Gasteiger partial charge in [-0.2, -0.15) is 0 Å². The molecule has 2 aliphatic heterocycles. The van der Waals surface area contributed by atoms with E-state index in [2.05, 4.69) is 11.4 Å². The zero-order valence-electron chi connectivity index (χ0n) is 11.0. The van der Waals surface area contributed by atoms with Crippen LogP contribution in [0.25, 0.3) is 0 Å². The zero-order chi connectivity index (χ0) is 13.2. The van der Waals surface area contributed by atoms with E-state index in [1.807, 2.05) is 12.1 Å². The van der Waals surface area contributed by atoms with E-state index in [9.17, 15) is 4.79 Å². The number of rotatable bonds is 2. The average Bonchev–Trinajstić information content (AvgIpc) is 2.45. The van der Waals surface area contributed by atoms with Crippen LogP contribution in [0.1, 0.15) is 5.56 Å². The maximum atomic E-state index is 11.6. The average molecular weight is 262 g/mol. The van der Waals surface area contributed by atoms with E-state index in [0.29, 0.717) is 6.04 Å². The third kappa shape index (κ3) is 2.57. The molecular formula is C14H18N2O3. The summed E-state index contributed by atoms with van der Waals surface area (Å²) in [5, 5.41) is 3.43. The Bertz CT molecular complexity index is 484. The maximum Gasteiger partial charge on any atom is 0.264 e. The summed E-state index contributed by atoms with van der Waals surface area (Å²) < 4.78 is 10.9. The molecule has 5 heteroatoms. The van der Waals surface area contributed by atoms with Gasteiger partial charge in [0, 0.05) is 19.6 Å². The molecule has 19 heavy (non-hydrogen) atoms. The molecule has 1 amide bonds. The van der Waals surface area contributed by atoms with Gasteiger partial charge < -0.3 is 19.7 Å². The number of ether oxygens (including phenoxy) is 2. The standard InChI is InChI=1S/C14H18N2O3/c1-16-12-7-10(6-11-8-18-5-4-15-11)2-3-13(12)19-9-14(16)17/h2-3,7,11,15H,4-6,8-9H2,1H3. The second kappa shape index (κ2) is 5.19. The van der Waals surface area contributed by atoms with Crippen molar-refractivity contribution in [2.45, 2.75) is 12.5 Å². The second-order valence-corrected chi connectivity index (χ2v) is 4.97. The Hall–Kier alpha value is -1.59. The van der Waals surface area contributed by atoms with E-state index in [0.717, 1.165) is 37.6 Å². The zero-order valence-corrected chi connectivity index (χ0v) is 11.0. The molecule has 0 aliphatic carbocycles. The van der Waals surface area contributed by atoms with Crippen molar-refractivity contribution < 1.29 is 14.3 Å². The number of morpholine rings is 1. The largest absolute Gasteiger partial charge is 0.482 e. The summed E-state index contributed by atoms with van der Waals surface area (Å²) in [7, 11) is 1.79. The summed E-state index contributed by atoms with van der Waals surface area (Å²) >= 11 is 0. The smallest absolute Gasteiger partial charge is 0.264 e. The van der Waals surface area contributed by atoms with E-state index in [4.69, 9.17) is 9.47 Å². The Morgan fingerprint density at radius 3 is 3.16 bits per heavy atom. The second-order valence-electron chi connectivity index (χ2n) is 4.97. The fourth-order valence-electron chi connectivity index (χ4n) is 2.48. The van der Waals surface area contributed by atoms with Gasteiger partial charge in [0.05, 0.1) is 18.9 Å². The first kappa shape index (κ1) is 12.4. The van der Waals surface area contributed by atoms with Crippen LogP contribution in [-0.4, -0.2) is 45.4 Å². The molecule has 0 radical (unpaired) electrons. The molecule has 1 unspecified atom stereocenters. The molecule has 2 heterocycles. The molecule has 1 saturated heterocycles. The molecule has 3 rings (SSSR count). The number of carbonyl (C=O) groups excluding carboxylic acids is 1. The number of fused-ring (bicyclic) bond motifs is 1. The minimum atomic E-state index is -0.0104. The highest BCUT2D eigenvalue weighted by atomic mass is 16.5. The quantitative estimate of drug-likeness (QED) is 0.846. The topological polar surface area (TPSA) is 50.8 Å². The monoisotopic (exact) mass is 262 g/mol. The van der Waals surface area contributed by atoms with Crippen LogP contribution in [0, 0.1) is 0 Å². The van der Waals surface area contributed by atoms with E-state index in [-0.39, 0.29) is 12.5 Å². The normalized spacial score (nSPS) is 22.9. The van der Waals surface area contributed by atoms with Crippen molar-refractivity contribution in [1.82, 2.24) is 5.32 Å². The number of likely N-dealkylation sites (N-methyl/N-ethyl adjacent to an activating group) is 1. The van der Waals surface area contributed by atoms with Crippen LogP contribution in [0.2, 0.25) is 0 Å². The Labute approximate surface area is 112 Å². The lowest BCUT2D eigenvalue weighted by Crippen LogP contribution is -2.42. The number of hydrogen-bond acceptors (Lipinski definition) is 4. The first-order valence-electron chi connectivity index (χ1n) is 6.57. The van der Waals surface area contributed by atoms with Crippen LogP contribution in [0.5, 0.6) is 5.75 Å². The Morgan fingerprint density at radius 1 is 1.47 bits per heavy atom. The summed E-state index contributed by atoms with van der Waals surface area (Å²) in [5.74, 6) is 0.766. The molecule has 0 bridgehead atoms. The highest BCUT2D eigenvalue weighted by molar-refractivity contribution is 5.97. The van der Waals surface area contributed by atoms with Crippen LogP contribution in [0.15, 0.2) is 18.2 Å². The predicted molar refractivity (Wildman–Crippen MR) is 71.7 cm³/mol. The molecule has 0 saturated carbocycles. The van der Waals surface area contributed by atoms with Crippen molar-refractivity contribution >= 4 is 11.6 Å². The third-order valence-electron chi connectivity index (χ3n) is 3.59. The number of benzene rings is 1. The van der Waals surface area contributed by atoms with Gasteiger partial charge in [0.15, 0.2) is 6.61 Å². The van der Waals surface area contributed by atoms with Crippen molar-refractivity contribution in [1.29, 1.82) is 0 Å². The SMILES string of the molecule is CN1C(=O)COc2ccc(CC3COCCN3)cc21. The van der Waals surface area contributed by atoms with Crippen molar-refractivity contribution in [3.63, 3.8) is 0 Å². The Morgan fingerprint density at radius 2 is 2.37 bits per heavy atom. The molecule has 1 fully saturated rings. The molecule has 1 atom stereocenters. The van der Waals surface area contributed by atoms with Crippen LogP contribution < -0.4 is 15.0 Å². The van der Waals surface area contributed by atoms with Gasteiger partial charge in [-0.15, -0.1) is 0 Å². The highest BCUT2D eigenvalue weighted by Gasteiger charge is 2.23. The minimum Gasteiger partial charge on any atom is -0.482 e. The van der Waals surface area contributed by atoms with E-state index in [1.54, 1.807) is 11.9 Å². The van der Waals surface area contributed by atoms with Crippen LogP contribution in [0.3, 0.4) is 0 Å². The molecule has 5 nitrogen and oxygen atoms in total. The predicted octanol–water partition coefficient (Wildman–Crippen LogP) is 0.573. The molecule has 1 aromatic carbocycles. The molecule has 0 spiro atoms. The first-order chi connectivity index (χ1) is 9.24. The lowest BCUT2D eigenvalue weighted by molar-refractivity contribution is -0.120. The van der Waals surface area contributed by atoms with Gasteiger partial charge in [-0.05, 0) is 24.1 Å². The number of nitrogens with zero attached hydrogens (tertiary/aromatic N) is 1. The summed E-state index contributed by atoms with van der Waals surface area (Å²) in [6.07, 6.45) is 0.898. The first-order valence-corrected chi connectivity index (χ1v) is 6.57. The Balaban J connectivity index is 1.78. The third-order valence-corrected chi connectivity index (χ3v) is 3.59. The number of anilines is 1. The number of carbonyl (C=O) groups is 1. The van der Waals surface area contributed by atoms with Crippen LogP contribution >= 0.6 is 0 Å². The van der Waals surface area contributed by atoms with E-state index < -0.39 is 0 Å². The van der Waals surface area contributed by atoms with Gasteiger partial charge in [0.2, 0.25) is 0 Å². The fourth-order valence-corrected chi connectivity index (χ4v) is 2.48. The molecule has 0 aromatic heterocycles. The van der Waals surface area contributed by atoms with Crippen LogP contribution in [0.4, 0.5) is 5.69 Å². The van der Waals surface area contributed by atoms with Gasteiger partial charge in [-0.1, -0.05) is 6.07 Å². The van der Waals surface area contributed by atoms with Gasteiger partial charge in [-0.3, -0.25) is 4.79 Å². The van der Waals surface area contributed by atoms with Crippen molar-refractivity contribution in [2.75, 3.05) is 38.3 Å². The van der Waals surface area contributed by atoms with Crippen molar-refractivity contribution in [2.24, 2.45) is 0 Å². The Kier molecular flexibility index (Phi) is 3.40. The van der Waals surface area contributed by atoms with Crippen LogP contribution in [-0.2, 0) is 16.0 Å². The van der Waals surface area contributed by atoms with Gasteiger partial charge >= 0.3 is 0 Å². The summed E-state index contributed by atoms with van der Waals surface area (Å²) in [6.45, 7) is 2.55. The minimum absolute atomic E-state index is 0.0104. The highest BCUT2D eigenvalue weighted by Crippen LogP contribution is 2.32. The lowest BCUT2D eigenvalue weighted by atomic mass is 10.0. The van der Waals surface area contributed by atoms with Gasteiger partial charge in [-0.25, -0.2) is 0 Å². The summed E-state index contributed by atoms with van der Waals surface area (Å²) in [6, 6.07) is 6.37. The lowest BCUT2D eigenvalue weighted by Gasteiger charge is -2.27. The van der Waals surface area contributed by atoms with Crippen molar-refractivity contribution in [3.05, 3.63) is 23.8 Å². The molecular weight excluding hydrogens is 244 g/mol. The fraction of sp³-hybridized carbons (Fsp3) is 0.500. The van der Waals surface area contributed by atoms with E-state index >= 15 is 0 Å². The van der Waals surface area contributed by atoms with Gasteiger partial charge in [0.1, 0.15) is 5.75 Å².